The number of nitrogens with one attached hydrogen (secondary N) is 1. The van der Waals surface area contributed by atoms with Crippen molar-refractivity contribution in [2.45, 2.75) is 149 Å². The molecule has 0 aromatic heterocycles. The molecule has 0 saturated heterocycles. The molecule has 4 fully saturated rings. The zero-order valence-electron chi connectivity index (χ0n) is 27.4. The normalized spacial score (nSPS) is 37.0. The summed E-state index contributed by atoms with van der Waals surface area (Å²) < 4.78 is 16.7. The predicted octanol–water partition coefficient (Wildman–Crippen LogP) is 6.56. The Morgan fingerprint density at radius 3 is 2.14 bits per heavy atom. The van der Waals surface area contributed by atoms with Crippen LogP contribution in [0.1, 0.15) is 126 Å². The molecule has 42 heavy (non-hydrogen) atoms. The molecule has 0 radical (unpaired) electrons. The molecule has 9 atom stereocenters. The van der Waals surface area contributed by atoms with E-state index in [1.807, 2.05) is 20.8 Å². The highest BCUT2D eigenvalue weighted by atomic mass is 16.6. The minimum absolute atomic E-state index is 0.0698. The monoisotopic (exact) mass is 591 g/mol. The maximum atomic E-state index is 12.9. The summed E-state index contributed by atoms with van der Waals surface area (Å²) in [6.45, 7) is 15.5. The molecule has 4 rings (SSSR count). The average molecular weight is 592 g/mol. The molecule has 5 unspecified atom stereocenters. The molecule has 0 bridgehead atoms. The number of amides is 1. The molecule has 240 valence electrons. The molecule has 0 spiro atoms. The molecule has 4 aliphatic carbocycles. The highest BCUT2D eigenvalue weighted by molar-refractivity contribution is 5.81. The Balaban J connectivity index is 1.33. The lowest BCUT2D eigenvalue weighted by Gasteiger charge is -2.61. The van der Waals surface area contributed by atoms with Gasteiger partial charge in [0.05, 0.1) is 6.61 Å². The number of carbonyl (C=O) groups excluding carboxylic acids is 3. The van der Waals surface area contributed by atoms with Crippen molar-refractivity contribution < 1.29 is 33.7 Å². The van der Waals surface area contributed by atoms with Crippen molar-refractivity contribution in [1.82, 2.24) is 5.32 Å². The minimum atomic E-state index is -1.13. The van der Waals surface area contributed by atoms with E-state index >= 15 is 0 Å². The van der Waals surface area contributed by atoms with E-state index < -0.39 is 35.9 Å². The topological polar surface area (TPSA) is 111 Å². The van der Waals surface area contributed by atoms with Crippen molar-refractivity contribution in [3.8, 4) is 0 Å². The van der Waals surface area contributed by atoms with Gasteiger partial charge in [-0.05, 0) is 146 Å². The lowest BCUT2D eigenvalue weighted by molar-refractivity contribution is -0.165. The predicted molar refractivity (Wildman–Crippen MR) is 160 cm³/mol. The number of ether oxygens (including phenoxy) is 3. The molecule has 1 amide bonds. The number of hydrogen-bond acceptors (Lipinski definition) is 7. The fourth-order valence-electron chi connectivity index (χ4n) is 9.47. The summed E-state index contributed by atoms with van der Waals surface area (Å²) in [6, 6.07) is -1.13. The molecule has 8 heteroatoms. The Hall–Kier alpha value is -1.83. The van der Waals surface area contributed by atoms with E-state index in [0.29, 0.717) is 29.6 Å². The van der Waals surface area contributed by atoms with Gasteiger partial charge in [-0.1, -0.05) is 13.8 Å². The summed E-state index contributed by atoms with van der Waals surface area (Å²) in [5.41, 5.74) is -0.580. The minimum Gasteiger partial charge on any atom is -0.461 e. The highest BCUT2D eigenvalue weighted by Crippen LogP contribution is 2.68. The van der Waals surface area contributed by atoms with Crippen molar-refractivity contribution >= 4 is 18.0 Å². The first kappa shape index (κ1) is 33.1. The van der Waals surface area contributed by atoms with E-state index in [0.717, 1.165) is 43.9 Å². The van der Waals surface area contributed by atoms with Gasteiger partial charge in [-0.2, -0.15) is 0 Å². The average Bonchev–Trinajstić information content (AvgIpc) is 3.20. The molecule has 0 aromatic rings. The van der Waals surface area contributed by atoms with Gasteiger partial charge in [0, 0.05) is 6.42 Å². The summed E-state index contributed by atoms with van der Waals surface area (Å²) >= 11 is 0. The van der Waals surface area contributed by atoms with Gasteiger partial charge in [0.1, 0.15) is 17.3 Å². The Morgan fingerprint density at radius 2 is 1.50 bits per heavy atom. The second kappa shape index (κ2) is 12.3. The Kier molecular flexibility index (Phi) is 9.67. The van der Waals surface area contributed by atoms with Crippen molar-refractivity contribution in [1.29, 1.82) is 0 Å². The smallest absolute Gasteiger partial charge is 0.408 e. The summed E-state index contributed by atoms with van der Waals surface area (Å²) in [5, 5.41) is 12.2. The summed E-state index contributed by atoms with van der Waals surface area (Å²) in [5.74, 6) is 2.57. The lowest BCUT2D eigenvalue weighted by atomic mass is 9.44. The number of carbonyl (C=O) groups is 3. The van der Waals surface area contributed by atoms with Crippen LogP contribution in [0.2, 0.25) is 0 Å². The third kappa shape index (κ3) is 7.27. The number of aliphatic hydroxyl groups excluding tert-OH is 1. The zero-order chi connectivity index (χ0) is 31.1. The van der Waals surface area contributed by atoms with Crippen LogP contribution in [0.4, 0.5) is 4.79 Å². The van der Waals surface area contributed by atoms with Crippen molar-refractivity contribution in [2.24, 2.45) is 40.4 Å². The van der Waals surface area contributed by atoms with Gasteiger partial charge >= 0.3 is 18.0 Å². The first-order valence-electron chi connectivity index (χ1n) is 16.5. The maximum absolute atomic E-state index is 12.9. The van der Waals surface area contributed by atoms with E-state index in [-0.39, 0.29) is 17.5 Å². The van der Waals surface area contributed by atoms with Crippen molar-refractivity contribution in [2.75, 3.05) is 6.61 Å². The third-order valence-corrected chi connectivity index (χ3v) is 11.4. The largest absolute Gasteiger partial charge is 0.461 e. The van der Waals surface area contributed by atoms with Gasteiger partial charge in [-0.25, -0.2) is 9.59 Å². The Labute approximate surface area is 253 Å². The van der Waals surface area contributed by atoms with Crippen LogP contribution in [-0.2, 0) is 23.8 Å². The molecule has 8 nitrogen and oxygen atoms in total. The molecule has 0 aliphatic heterocycles. The number of aliphatic hydroxyl groups is 1. The van der Waals surface area contributed by atoms with Crippen molar-refractivity contribution in [3.63, 3.8) is 0 Å². The van der Waals surface area contributed by atoms with E-state index in [2.05, 4.69) is 19.2 Å². The standard InChI is InChI=1S/C34H57NO7/c1-31(2,3)41-28(37)14-11-21-10-13-25-24-12-9-22-19-23(15-17-34(22,8)26(24)16-18-33(21,25)7)40-29(38)27(20-36)35-30(39)42-32(4,5)6/h21-27,36H,9-20H2,1-8H3,(H,35,39)/t21?,22?,23-,24?,25?,26?,27+,33-,34+/m1/s1. The SMILES string of the molecule is CC(C)(C)OC(=O)CCC1CCC2C3CCC4C[C@H](OC(=O)[C@H](CO)NC(=O)OC(C)(C)C)CC[C@]4(C)C3CC[C@]12C. The van der Waals surface area contributed by atoms with Gasteiger partial charge in [0.25, 0.3) is 0 Å². The molecule has 4 aliphatic rings. The van der Waals surface area contributed by atoms with Gasteiger partial charge < -0.3 is 24.6 Å². The highest BCUT2D eigenvalue weighted by Gasteiger charge is 2.60. The first-order chi connectivity index (χ1) is 19.4. The van der Waals surface area contributed by atoms with Crippen LogP contribution in [0.5, 0.6) is 0 Å². The van der Waals surface area contributed by atoms with E-state index in [1.54, 1.807) is 20.8 Å². The van der Waals surface area contributed by atoms with Crippen molar-refractivity contribution in [3.05, 3.63) is 0 Å². The van der Waals surface area contributed by atoms with Crippen LogP contribution in [0.3, 0.4) is 0 Å². The van der Waals surface area contributed by atoms with Crippen LogP contribution in [0, 0.1) is 40.4 Å². The van der Waals surface area contributed by atoms with E-state index in [4.69, 9.17) is 14.2 Å². The third-order valence-electron chi connectivity index (χ3n) is 11.4. The molecule has 2 N–H and O–H groups in total. The molecular weight excluding hydrogens is 534 g/mol. The number of fused-ring (bicyclic) bond motifs is 5. The maximum Gasteiger partial charge on any atom is 0.408 e. The van der Waals surface area contributed by atoms with Crippen LogP contribution in [0.25, 0.3) is 0 Å². The fourth-order valence-corrected chi connectivity index (χ4v) is 9.47. The van der Waals surface area contributed by atoms with E-state index in [1.165, 1.54) is 32.1 Å². The fraction of sp³-hybridized carbons (Fsp3) is 0.912. The van der Waals surface area contributed by atoms with Gasteiger partial charge in [0.15, 0.2) is 6.04 Å². The number of esters is 2. The summed E-state index contributed by atoms with van der Waals surface area (Å²) in [7, 11) is 0. The number of hydrogen-bond donors (Lipinski definition) is 2. The quantitative estimate of drug-likeness (QED) is 0.255. The molecule has 0 aromatic carbocycles. The lowest BCUT2D eigenvalue weighted by Crippen LogP contribution is -2.54. The van der Waals surface area contributed by atoms with Crippen LogP contribution in [0.15, 0.2) is 0 Å². The molecular formula is C34H57NO7. The zero-order valence-corrected chi connectivity index (χ0v) is 27.4. The Bertz CT molecular complexity index is 999. The molecule has 0 heterocycles. The van der Waals surface area contributed by atoms with Crippen LogP contribution in [-0.4, -0.2) is 53.1 Å². The number of alkyl carbamates (subject to hydrolysis) is 1. The van der Waals surface area contributed by atoms with Crippen LogP contribution < -0.4 is 5.32 Å². The van der Waals surface area contributed by atoms with Gasteiger partial charge in [0.2, 0.25) is 0 Å². The molecule has 4 saturated carbocycles. The second-order valence-electron chi connectivity index (χ2n) is 16.3. The van der Waals surface area contributed by atoms with Crippen LogP contribution >= 0.6 is 0 Å². The van der Waals surface area contributed by atoms with Gasteiger partial charge in [-0.3, -0.25) is 4.79 Å². The summed E-state index contributed by atoms with van der Waals surface area (Å²) in [4.78, 5) is 37.5. The summed E-state index contributed by atoms with van der Waals surface area (Å²) in [6.07, 6.45) is 10.5. The second-order valence-corrected chi connectivity index (χ2v) is 16.3. The van der Waals surface area contributed by atoms with Gasteiger partial charge in [-0.15, -0.1) is 0 Å². The number of rotatable bonds is 7. The van der Waals surface area contributed by atoms with E-state index in [9.17, 15) is 19.5 Å². The Morgan fingerprint density at radius 1 is 0.857 bits per heavy atom. The first-order valence-corrected chi connectivity index (χ1v) is 16.5.